The molecule has 3 aromatic rings. The molecule has 0 saturated carbocycles. The third-order valence-electron chi connectivity index (χ3n) is 4.15. The zero-order valence-electron chi connectivity index (χ0n) is 14.3. The summed E-state index contributed by atoms with van der Waals surface area (Å²) in [6, 6.07) is 21.2. The van der Waals surface area contributed by atoms with Crippen molar-refractivity contribution in [2.75, 3.05) is 0 Å². The van der Waals surface area contributed by atoms with Crippen molar-refractivity contribution < 1.29 is 14.3 Å². The number of hydrogen-bond acceptors (Lipinski definition) is 5. The van der Waals surface area contributed by atoms with Crippen LogP contribution in [0.5, 0.6) is 17.2 Å². The number of rotatable bonds is 4. The predicted molar refractivity (Wildman–Crippen MR) is 98.3 cm³/mol. The molecule has 0 spiro atoms. The van der Waals surface area contributed by atoms with Gasteiger partial charge in [0.05, 0.1) is 12.6 Å². The summed E-state index contributed by atoms with van der Waals surface area (Å²) in [5.41, 5.74) is 0.439. The van der Waals surface area contributed by atoms with Crippen LogP contribution in [-0.4, -0.2) is 10.9 Å². The van der Waals surface area contributed by atoms with E-state index in [4.69, 9.17) is 14.3 Å². The molecule has 2 heterocycles. The van der Waals surface area contributed by atoms with Gasteiger partial charge in [0.1, 0.15) is 17.2 Å². The summed E-state index contributed by atoms with van der Waals surface area (Å²) < 4.78 is 11.6. The average Bonchev–Trinajstić information content (AvgIpc) is 3.06. The number of hydrogen-bond donors (Lipinski definition) is 0. The van der Waals surface area contributed by atoms with Crippen molar-refractivity contribution in [2.24, 2.45) is 5.16 Å². The van der Waals surface area contributed by atoms with Crippen LogP contribution in [0.15, 0.2) is 84.3 Å². The highest BCUT2D eigenvalue weighted by molar-refractivity contribution is 5.80. The molecule has 26 heavy (non-hydrogen) atoms. The largest absolute Gasteiger partial charge is 0.457 e. The van der Waals surface area contributed by atoms with Gasteiger partial charge < -0.3 is 14.3 Å². The van der Waals surface area contributed by atoms with Gasteiger partial charge in [-0.05, 0) is 48.9 Å². The van der Waals surface area contributed by atoms with E-state index in [9.17, 15) is 0 Å². The average molecular weight is 346 g/mol. The van der Waals surface area contributed by atoms with Crippen LogP contribution in [0.25, 0.3) is 0 Å². The van der Waals surface area contributed by atoms with E-state index in [-0.39, 0.29) is 0 Å². The number of aromatic nitrogens is 1. The highest BCUT2D eigenvalue weighted by atomic mass is 16.7. The highest BCUT2D eigenvalue weighted by Gasteiger charge is 2.37. The van der Waals surface area contributed by atoms with E-state index in [1.165, 1.54) is 0 Å². The zero-order chi connectivity index (χ0) is 17.8. The van der Waals surface area contributed by atoms with Gasteiger partial charge in [-0.1, -0.05) is 35.5 Å². The van der Waals surface area contributed by atoms with Crippen molar-refractivity contribution in [3.8, 4) is 17.2 Å². The molecule has 4 rings (SSSR count). The molecule has 0 fully saturated rings. The van der Waals surface area contributed by atoms with Crippen LogP contribution in [0.3, 0.4) is 0 Å². The smallest absolute Gasteiger partial charge is 0.235 e. The molecule has 1 aromatic heterocycles. The monoisotopic (exact) mass is 346 g/mol. The van der Waals surface area contributed by atoms with E-state index >= 15 is 0 Å². The molecule has 130 valence electrons. The number of para-hydroxylation sites is 1. The maximum atomic E-state index is 5.83. The number of ether oxygens (including phenoxy) is 2. The van der Waals surface area contributed by atoms with Gasteiger partial charge in [-0.3, -0.25) is 4.98 Å². The Bertz CT molecular complexity index is 896. The summed E-state index contributed by atoms with van der Waals surface area (Å²) >= 11 is 0. The number of benzene rings is 2. The second-order valence-corrected chi connectivity index (χ2v) is 6.21. The Labute approximate surface area is 151 Å². The van der Waals surface area contributed by atoms with E-state index in [1.54, 1.807) is 12.4 Å². The van der Waals surface area contributed by atoms with Crippen molar-refractivity contribution in [2.45, 2.75) is 18.9 Å². The molecule has 0 aliphatic carbocycles. The first-order valence-corrected chi connectivity index (χ1v) is 8.38. The van der Waals surface area contributed by atoms with Gasteiger partial charge in [0.25, 0.3) is 0 Å². The lowest BCUT2D eigenvalue weighted by Crippen LogP contribution is -2.23. The molecule has 0 amide bonds. The Kier molecular flexibility index (Phi) is 4.27. The molecule has 1 aliphatic heterocycles. The second-order valence-electron chi connectivity index (χ2n) is 6.21. The Hall–Kier alpha value is -3.34. The number of pyridine rings is 1. The predicted octanol–water partition coefficient (Wildman–Crippen LogP) is 4.90. The molecule has 0 bridgehead atoms. The van der Waals surface area contributed by atoms with Crippen molar-refractivity contribution in [3.05, 3.63) is 84.7 Å². The topological polar surface area (TPSA) is 52.9 Å². The van der Waals surface area contributed by atoms with Crippen molar-refractivity contribution in [3.63, 3.8) is 0 Å². The van der Waals surface area contributed by atoms with Crippen LogP contribution in [0.2, 0.25) is 0 Å². The van der Waals surface area contributed by atoms with Crippen LogP contribution >= 0.6 is 0 Å². The molecule has 0 radical (unpaired) electrons. The minimum absolute atomic E-state index is 0.533. The molecule has 0 N–H and O–H groups in total. The van der Waals surface area contributed by atoms with Gasteiger partial charge in [0.15, 0.2) is 5.60 Å². The van der Waals surface area contributed by atoms with Gasteiger partial charge in [-0.2, -0.15) is 0 Å². The normalized spacial score (nSPS) is 18.7. The standard InChI is InChI=1S/C21H18N2O3/c1-21(14-20(23-26-21)25-19-8-5-13-22-15-19)16-9-11-18(12-10-16)24-17-6-3-2-4-7-17/h2-13,15H,14H2,1H3/t21-/m0/s1. The molecule has 0 saturated heterocycles. The zero-order valence-corrected chi connectivity index (χ0v) is 14.3. The van der Waals surface area contributed by atoms with Crippen LogP contribution in [0.1, 0.15) is 18.9 Å². The first kappa shape index (κ1) is 16.1. The molecule has 1 aliphatic rings. The maximum absolute atomic E-state index is 5.83. The Balaban J connectivity index is 1.43. The van der Waals surface area contributed by atoms with Crippen LogP contribution in [-0.2, 0) is 10.4 Å². The minimum atomic E-state index is -0.567. The first-order valence-electron chi connectivity index (χ1n) is 8.38. The van der Waals surface area contributed by atoms with E-state index in [1.807, 2.05) is 73.7 Å². The van der Waals surface area contributed by atoms with E-state index in [2.05, 4.69) is 10.1 Å². The summed E-state index contributed by atoms with van der Waals surface area (Å²) in [7, 11) is 0. The number of oxime groups is 1. The SMILES string of the molecule is C[C@@]1(c2ccc(Oc3ccccc3)cc2)CC(Oc2cccnc2)=NO1. The van der Waals surface area contributed by atoms with Crippen molar-refractivity contribution in [1.82, 2.24) is 4.98 Å². The second kappa shape index (κ2) is 6.88. The highest BCUT2D eigenvalue weighted by Crippen LogP contribution is 2.36. The van der Waals surface area contributed by atoms with Crippen molar-refractivity contribution in [1.29, 1.82) is 0 Å². The lowest BCUT2D eigenvalue weighted by molar-refractivity contribution is -0.00741. The van der Waals surface area contributed by atoms with Gasteiger partial charge >= 0.3 is 0 Å². The summed E-state index contributed by atoms with van der Waals surface area (Å²) in [5, 5.41) is 4.09. The van der Waals surface area contributed by atoms with E-state index < -0.39 is 5.60 Å². The fraction of sp³-hybridized carbons (Fsp3) is 0.143. The van der Waals surface area contributed by atoms with Gasteiger partial charge in [-0.15, -0.1) is 0 Å². The Morgan fingerprint density at radius 3 is 2.31 bits per heavy atom. The molecular weight excluding hydrogens is 328 g/mol. The quantitative estimate of drug-likeness (QED) is 0.674. The fourth-order valence-corrected chi connectivity index (χ4v) is 2.76. The van der Waals surface area contributed by atoms with E-state index in [0.717, 1.165) is 17.1 Å². The molecule has 2 aromatic carbocycles. The Morgan fingerprint density at radius 1 is 0.846 bits per heavy atom. The Morgan fingerprint density at radius 2 is 1.58 bits per heavy atom. The van der Waals surface area contributed by atoms with Gasteiger partial charge in [0, 0.05) is 6.20 Å². The summed E-state index contributed by atoms with van der Waals surface area (Å²) in [6.45, 7) is 1.99. The molecule has 5 nitrogen and oxygen atoms in total. The maximum Gasteiger partial charge on any atom is 0.235 e. The van der Waals surface area contributed by atoms with Gasteiger partial charge in [0.2, 0.25) is 5.90 Å². The first-order chi connectivity index (χ1) is 12.7. The molecule has 0 unspecified atom stereocenters. The summed E-state index contributed by atoms with van der Waals surface area (Å²) in [4.78, 5) is 9.70. The minimum Gasteiger partial charge on any atom is -0.457 e. The van der Waals surface area contributed by atoms with Crippen LogP contribution in [0, 0.1) is 0 Å². The van der Waals surface area contributed by atoms with Gasteiger partial charge in [-0.25, -0.2) is 0 Å². The fourth-order valence-electron chi connectivity index (χ4n) is 2.76. The molecule has 5 heteroatoms. The summed E-state index contributed by atoms with van der Waals surface area (Å²) in [6.07, 6.45) is 3.89. The van der Waals surface area contributed by atoms with Crippen LogP contribution in [0.4, 0.5) is 0 Å². The molecule has 1 atom stereocenters. The van der Waals surface area contributed by atoms with Crippen LogP contribution < -0.4 is 9.47 Å². The van der Waals surface area contributed by atoms with E-state index in [0.29, 0.717) is 18.1 Å². The lowest BCUT2D eigenvalue weighted by Gasteiger charge is -2.21. The summed E-state index contributed by atoms with van der Waals surface area (Å²) in [5.74, 6) is 2.75. The lowest BCUT2D eigenvalue weighted by atomic mass is 9.93. The van der Waals surface area contributed by atoms with Crippen molar-refractivity contribution >= 4 is 5.90 Å². The molecular formula is C21H18N2O3. The number of nitrogens with zero attached hydrogens (tertiary/aromatic N) is 2. The third kappa shape index (κ3) is 3.52. The third-order valence-corrected chi connectivity index (χ3v) is 4.15.